The lowest BCUT2D eigenvalue weighted by molar-refractivity contribution is 0.484. The molecule has 0 aliphatic heterocycles. The third-order valence-corrected chi connectivity index (χ3v) is 5.50. The first-order valence-corrected chi connectivity index (χ1v) is 9.15. The number of halogens is 1. The van der Waals surface area contributed by atoms with E-state index in [0.717, 1.165) is 22.7 Å². The van der Waals surface area contributed by atoms with E-state index in [1.165, 1.54) is 14.0 Å². The van der Waals surface area contributed by atoms with Gasteiger partial charge < -0.3 is 5.73 Å². The Morgan fingerprint density at radius 3 is 2.25 bits per heavy atom. The Bertz CT molecular complexity index is 691. The molecule has 1 aromatic carbocycles. The van der Waals surface area contributed by atoms with Crippen molar-refractivity contribution >= 4 is 25.5 Å². The number of hydrogen-bond donors (Lipinski definition) is 1. The van der Waals surface area contributed by atoms with Gasteiger partial charge in [-0.25, -0.2) is 21.2 Å². The first kappa shape index (κ1) is 16.9. The van der Waals surface area contributed by atoms with Crippen molar-refractivity contribution < 1.29 is 21.2 Å². The molecule has 0 atom stereocenters. The van der Waals surface area contributed by atoms with Crippen molar-refractivity contribution in [3.05, 3.63) is 23.5 Å². The maximum absolute atomic E-state index is 13.4. The number of benzene rings is 1. The molecule has 0 fully saturated rings. The van der Waals surface area contributed by atoms with Crippen molar-refractivity contribution in [3.8, 4) is 0 Å². The van der Waals surface area contributed by atoms with Crippen molar-refractivity contribution in [1.29, 1.82) is 0 Å². The monoisotopic (exact) mass is 324 g/mol. The van der Waals surface area contributed by atoms with Gasteiger partial charge in [0.25, 0.3) is 0 Å². The van der Waals surface area contributed by atoms with Crippen molar-refractivity contribution in [2.45, 2.75) is 11.8 Å². The summed E-state index contributed by atoms with van der Waals surface area (Å²) in [5.41, 5.74) is 5.26. The van der Waals surface area contributed by atoms with Crippen molar-refractivity contribution in [1.82, 2.24) is 4.31 Å². The quantitative estimate of drug-likeness (QED) is 0.790. The van der Waals surface area contributed by atoms with Gasteiger partial charge in [0.1, 0.15) is 15.7 Å². The Balaban J connectivity index is 3.11. The molecule has 114 valence electrons. The van der Waals surface area contributed by atoms with Crippen LogP contribution in [0.25, 0.3) is 0 Å². The molecule has 0 aromatic heterocycles. The van der Waals surface area contributed by atoms with Crippen LogP contribution in [0.5, 0.6) is 0 Å². The van der Waals surface area contributed by atoms with E-state index in [2.05, 4.69) is 0 Å². The molecule has 0 amide bonds. The van der Waals surface area contributed by atoms with Gasteiger partial charge in [-0.05, 0) is 24.6 Å². The molecule has 0 spiro atoms. The fourth-order valence-corrected chi connectivity index (χ4v) is 3.52. The summed E-state index contributed by atoms with van der Waals surface area (Å²) in [5.74, 6) is -0.957. The Morgan fingerprint density at radius 2 is 1.80 bits per heavy atom. The van der Waals surface area contributed by atoms with Crippen LogP contribution in [0, 0.1) is 12.7 Å². The molecule has 0 aliphatic carbocycles. The molecular formula is C11H17FN2O4S2. The van der Waals surface area contributed by atoms with Gasteiger partial charge in [-0.2, -0.15) is 4.31 Å². The average molecular weight is 324 g/mol. The number of hydrogen-bond acceptors (Lipinski definition) is 5. The minimum atomic E-state index is -3.90. The third-order valence-electron chi connectivity index (χ3n) is 2.74. The highest BCUT2D eigenvalue weighted by molar-refractivity contribution is 7.91. The molecule has 2 N–H and O–H groups in total. The Morgan fingerprint density at radius 1 is 1.25 bits per heavy atom. The van der Waals surface area contributed by atoms with Crippen molar-refractivity contribution in [2.75, 3.05) is 31.3 Å². The topological polar surface area (TPSA) is 97.5 Å². The van der Waals surface area contributed by atoms with Crippen molar-refractivity contribution in [3.63, 3.8) is 0 Å². The van der Waals surface area contributed by atoms with Gasteiger partial charge >= 0.3 is 0 Å². The zero-order valence-electron chi connectivity index (χ0n) is 11.4. The molecule has 1 aromatic rings. The molecule has 1 rings (SSSR count). The lowest BCUT2D eigenvalue weighted by Gasteiger charge is -2.17. The first-order valence-electron chi connectivity index (χ1n) is 5.65. The van der Waals surface area contributed by atoms with Gasteiger partial charge in [-0.15, -0.1) is 0 Å². The lowest BCUT2D eigenvalue weighted by atomic mass is 10.2. The van der Waals surface area contributed by atoms with Crippen LogP contribution >= 0.6 is 0 Å². The molecule has 0 saturated carbocycles. The summed E-state index contributed by atoms with van der Waals surface area (Å²) in [6, 6.07) is 2.19. The van der Waals surface area contributed by atoms with Crippen LogP contribution < -0.4 is 5.73 Å². The normalized spacial score (nSPS) is 12.8. The predicted molar refractivity (Wildman–Crippen MR) is 75.1 cm³/mol. The highest BCUT2D eigenvalue weighted by Crippen LogP contribution is 2.22. The smallest absolute Gasteiger partial charge is 0.242 e. The van der Waals surface area contributed by atoms with Crippen LogP contribution in [-0.2, 0) is 19.9 Å². The second kappa shape index (κ2) is 5.66. The van der Waals surface area contributed by atoms with Gasteiger partial charge in [0.2, 0.25) is 10.0 Å². The molecule has 0 unspecified atom stereocenters. The average Bonchev–Trinajstić information content (AvgIpc) is 2.31. The molecular weight excluding hydrogens is 307 g/mol. The summed E-state index contributed by atoms with van der Waals surface area (Å²) in [6.07, 6.45) is 1.02. The van der Waals surface area contributed by atoms with Gasteiger partial charge in [0, 0.05) is 19.8 Å². The minimum absolute atomic E-state index is 0.111. The summed E-state index contributed by atoms with van der Waals surface area (Å²) in [5, 5.41) is 0. The maximum atomic E-state index is 13.4. The van der Waals surface area contributed by atoms with E-state index < -0.39 is 25.7 Å². The van der Waals surface area contributed by atoms with E-state index in [-0.39, 0.29) is 28.4 Å². The molecule has 0 heterocycles. The molecule has 0 saturated heterocycles. The molecule has 9 heteroatoms. The molecule has 20 heavy (non-hydrogen) atoms. The Labute approximate surface area is 118 Å². The zero-order chi connectivity index (χ0) is 15.7. The van der Waals surface area contributed by atoms with E-state index in [0.29, 0.717) is 0 Å². The number of rotatable bonds is 5. The number of sulfone groups is 1. The Hall–Kier alpha value is -1.19. The van der Waals surface area contributed by atoms with E-state index in [1.54, 1.807) is 0 Å². The number of sulfonamides is 1. The highest BCUT2D eigenvalue weighted by Gasteiger charge is 2.23. The van der Waals surface area contributed by atoms with Crippen molar-refractivity contribution in [2.24, 2.45) is 0 Å². The molecule has 0 bridgehead atoms. The van der Waals surface area contributed by atoms with Gasteiger partial charge in [-0.1, -0.05) is 0 Å². The van der Waals surface area contributed by atoms with Crippen LogP contribution in [0.3, 0.4) is 0 Å². The third kappa shape index (κ3) is 3.90. The molecule has 0 aliphatic rings. The summed E-state index contributed by atoms with van der Waals surface area (Å²) < 4.78 is 60.9. The van der Waals surface area contributed by atoms with E-state index in [1.807, 2.05) is 0 Å². The lowest BCUT2D eigenvalue weighted by Crippen LogP contribution is -2.31. The minimum Gasteiger partial charge on any atom is -0.396 e. The number of nitrogens with zero attached hydrogens (tertiary/aromatic N) is 1. The van der Waals surface area contributed by atoms with Crippen LogP contribution in [-0.4, -0.2) is 46.7 Å². The highest BCUT2D eigenvalue weighted by atomic mass is 32.2. The number of nitrogen functional groups attached to an aromatic ring is 1. The largest absolute Gasteiger partial charge is 0.396 e. The van der Waals surface area contributed by atoms with Crippen LogP contribution in [0.1, 0.15) is 5.56 Å². The maximum Gasteiger partial charge on any atom is 0.242 e. The van der Waals surface area contributed by atoms with Gasteiger partial charge in [-0.3, -0.25) is 0 Å². The van der Waals surface area contributed by atoms with E-state index in [9.17, 15) is 21.2 Å². The standard InChI is InChI=1S/C11H17FN2O4S2/c1-8-6-9(7-10(13)11(8)12)20(17,18)14(2)4-5-19(3,15)16/h6-7H,4-5,13H2,1-3H3. The summed E-state index contributed by atoms with van der Waals surface area (Å²) >= 11 is 0. The second-order valence-electron chi connectivity index (χ2n) is 4.60. The zero-order valence-corrected chi connectivity index (χ0v) is 13.1. The predicted octanol–water partition coefficient (Wildman–Crippen LogP) is 0.381. The SMILES string of the molecule is Cc1cc(S(=O)(=O)N(C)CCS(C)(=O)=O)cc(N)c1F. The van der Waals surface area contributed by atoms with Gasteiger partial charge in [0.05, 0.1) is 16.3 Å². The Kier molecular flexibility index (Phi) is 4.78. The first-order chi connectivity index (χ1) is 8.95. The van der Waals surface area contributed by atoms with Gasteiger partial charge in [0.15, 0.2) is 0 Å². The number of nitrogens with two attached hydrogens (primary N) is 1. The summed E-state index contributed by atoms with van der Waals surface area (Å²) in [4.78, 5) is -0.162. The number of aryl methyl sites for hydroxylation is 1. The fraction of sp³-hybridized carbons (Fsp3) is 0.455. The summed E-state index contributed by atoms with van der Waals surface area (Å²) in [7, 11) is -5.92. The van der Waals surface area contributed by atoms with E-state index >= 15 is 0 Å². The second-order valence-corrected chi connectivity index (χ2v) is 8.90. The number of anilines is 1. The summed E-state index contributed by atoms with van der Waals surface area (Å²) in [6.45, 7) is 1.22. The molecule has 6 nitrogen and oxygen atoms in total. The van der Waals surface area contributed by atoms with Crippen LogP contribution in [0.4, 0.5) is 10.1 Å². The van der Waals surface area contributed by atoms with Crippen LogP contribution in [0.15, 0.2) is 17.0 Å². The van der Waals surface area contributed by atoms with E-state index in [4.69, 9.17) is 5.73 Å². The fourth-order valence-electron chi connectivity index (χ4n) is 1.51. The van der Waals surface area contributed by atoms with Crippen LogP contribution in [0.2, 0.25) is 0 Å². The molecule has 0 radical (unpaired) electrons.